The Morgan fingerprint density at radius 2 is 1.25 bits per heavy atom. The Hall–Kier alpha value is -4.89. The Kier molecular flexibility index (Phi) is 3.94. The highest BCUT2D eigenvalue weighted by molar-refractivity contribution is 6.25. The lowest BCUT2D eigenvalue weighted by atomic mass is 9.90. The molecule has 36 heavy (non-hydrogen) atoms. The molecule has 0 atom stereocenters. The van der Waals surface area contributed by atoms with Crippen LogP contribution in [-0.2, 0) is 0 Å². The van der Waals surface area contributed by atoms with Crippen LogP contribution in [0.15, 0.2) is 124 Å². The first-order chi connectivity index (χ1) is 17.9. The number of aromatic nitrogens is 1. The van der Waals surface area contributed by atoms with Crippen LogP contribution in [0.2, 0.25) is 0 Å². The fourth-order valence-electron chi connectivity index (χ4n) is 5.61. The van der Waals surface area contributed by atoms with E-state index in [1.165, 1.54) is 10.9 Å². The number of para-hydroxylation sites is 1. The molecule has 0 radical (unpaired) electrons. The molecule has 0 amide bonds. The summed E-state index contributed by atoms with van der Waals surface area (Å²) in [5.41, 5.74) is 6.89. The summed E-state index contributed by atoms with van der Waals surface area (Å²) in [6.45, 7) is 0. The van der Waals surface area contributed by atoms with E-state index in [1.54, 1.807) is 0 Å². The smallest absolute Gasteiger partial charge is 0.175 e. The van der Waals surface area contributed by atoms with Gasteiger partial charge in [-0.25, -0.2) is 0 Å². The predicted molar refractivity (Wildman–Crippen MR) is 147 cm³/mol. The Morgan fingerprint density at radius 1 is 0.500 bits per heavy atom. The van der Waals surface area contributed by atoms with E-state index in [1.807, 2.05) is 36.4 Å². The molecule has 8 rings (SSSR count). The monoisotopic (exact) mass is 461 g/mol. The summed E-state index contributed by atoms with van der Waals surface area (Å²) in [5.74, 6) is 0. The van der Waals surface area contributed by atoms with Crippen LogP contribution in [0.5, 0.6) is 0 Å². The summed E-state index contributed by atoms with van der Waals surface area (Å²) in [4.78, 5) is 0. The SMILES string of the molecule is c1ccc(-c2noc3c2ccc2cc(-c4cccc5oc6ccccc6c45)c4ccccc4c23)cc1. The standard InChI is InChI=1S/C33H19NO2/c1-2-9-20(10-3-1)32-26-18-17-21-19-27(22-11-4-5-12-23(22)30(21)33(26)36-34-32)24-14-8-16-29-31(24)25-13-6-7-15-28(25)35-29/h1-19H. The minimum atomic E-state index is 0.820. The molecule has 3 heteroatoms. The third-order valence-electron chi connectivity index (χ3n) is 7.20. The number of hydrogen-bond donors (Lipinski definition) is 0. The zero-order chi connectivity index (χ0) is 23.6. The number of nitrogens with zero attached hydrogens (tertiary/aromatic N) is 1. The fourth-order valence-corrected chi connectivity index (χ4v) is 5.61. The lowest BCUT2D eigenvalue weighted by Crippen LogP contribution is -1.86. The Balaban J connectivity index is 1.48. The van der Waals surface area contributed by atoms with Crippen molar-refractivity contribution in [2.24, 2.45) is 0 Å². The van der Waals surface area contributed by atoms with Crippen molar-refractivity contribution in [1.82, 2.24) is 5.16 Å². The molecular weight excluding hydrogens is 442 g/mol. The van der Waals surface area contributed by atoms with Crippen molar-refractivity contribution in [1.29, 1.82) is 0 Å². The topological polar surface area (TPSA) is 39.2 Å². The number of benzene rings is 6. The van der Waals surface area contributed by atoms with E-state index >= 15 is 0 Å². The second-order valence-corrected chi connectivity index (χ2v) is 9.18. The predicted octanol–water partition coefficient (Wildman–Crippen LogP) is 9.37. The van der Waals surface area contributed by atoms with E-state index in [9.17, 15) is 0 Å². The van der Waals surface area contributed by atoms with Gasteiger partial charge in [0.05, 0.1) is 5.39 Å². The summed E-state index contributed by atoms with van der Waals surface area (Å²) in [5, 5.41) is 12.3. The van der Waals surface area contributed by atoms with Crippen molar-refractivity contribution >= 4 is 54.5 Å². The average molecular weight is 462 g/mol. The second-order valence-electron chi connectivity index (χ2n) is 9.18. The van der Waals surface area contributed by atoms with Crippen molar-refractivity contribution in [3.8, 4) is 22.4 Å². The van der Waals surface area contributed by atoms with Gasteiger partial charge in [0.2, 0.25) is 0 Å². The molecule has 0 aliphatic heterocycles. The molecule has 0 N–H and O–H groups in total. The summed E-state index contributed by atoms with van der Waals surface area (Å²) >= 11 is 0. The first kappa shape index (κ1) is 19.4. The number of hydrogen-bond acceptors (Lipinski definition) is 3. The van der Waals surface area contributed by atoms with Crippen LogP contribution >= 0.6 is 0 Å². The molecule has 0 saturated heterocycles. The van der Waals surface area contributed by atoms with Crippen molar-refractivity contribution in [3.05, 3.63) is 115 Å². The van der Waals surface area contributed by atoms with Crippen LogP contribution in [0, 0.1) is 0 Å². The quantitative estimate of drug-likeness (QED) is 0.241. The van der Waals surface area contributed by atoms with Gasteiger partial charge in [0.25, 0.3) is 0 Å². The first-order valence-electron chi connectivity index (χ1n) is 12.1. The lowest BCUT2D eigenvalue weighted by molar-refractivity contribution is 0.462. The van der Waals surface area contributed by atoms with Crippen molar-refractivity contribution in [2.75, 3.05) is 0 Å². The van der Waals surface area contributed by atoms with Crippen LogP contribution in [0.1, 0.15) is 0 Å². The van der Waals surface area contributed by atoms with Crippen LogP contribution in [0.3, 0.4) is 0 Å². The minimum absolute atomic E-state index is 0.820. The zero-order valence-electron chi connectivity index (χ0n) is 19.2. The van der Waals surface area contributed by atoms with Crippen LogP contribution in [0.4, 0.5) is 0 Å². The molecule has 0 unspecified atom stereocenters. The molecule has 0 aliphatic carbocycles. The number of rotatable bonds is 2. The molecule has 2 aromatic heterocycles. The maximum absolute atomic E-state index is 6.19. The second kappa shape index (κ2) is 7.30. The van der Waals surface area contributed by atoms with Crippen molar-refractivity contribution in [2.45, 2.75) is 0 Å². The van der Waals surface area contributed by atoms with Crippen molar-refractivity contribution < 1.29 is 8.94 Å². The van der Waals surface area contributed by atoms with Crippen LogP contribution < -0.4 is 0 Å². The summed E-state index contributed by atoms with van der Waals surface area (Å²) < 4.78 is 12.2. The van der Waals surface area contributed by atoms with Gasteiger partial charge in [-0.05, 0) is 51.6 Å². The van der Waals surface area contributed by atoms with E-state index in [2.05, 4.69) is 84.0 Å². The van der Waals surface area contributed by atoms with Gasteiger partial charge in [-0.15, -0.1) is 0 Å². The van der Waals surface area contributed by atoms with Crippen LogP contribution in [-0.4, -0.2) is 5.16 Å². The van der Waals surface area contributed by atoms with E-state index in [0.29, 0.717) is 0 Å². The average Bonchev–Trinajstić information content (AvgIpc) is 3.54. The van der Waals surface area contributed by atoms with E-state index in [4.69, 9.17) is 8.94 Å². The van der Waals surface area contributed by atoms with E-state index < -0.39 is 0 Å². The molecule has 0 aliphatic rings. The van der Waals surface area contributed by atoms with Gasteiger partial charge >= 0.3 is 0 Å². The molecule has 0 bridgehead atoms. The maximum atomic E-state index is 6.19. The maximum Gasteiger partial charge on any atom is 0.175 e. The third kappa shape index (κ3) is 2.65. The molecule has 6 aromatic carbocycles. The highest BCUT2D eigenvalue weighted by Gasteiger charge is 2.19. The van der Waals surface area contributed by atoms with Crippen LogP contribution in [0.25, 0.3) is 76.8 Å². The van der Waals surface area contributed by atoms with Gasteiger partial charge in [0, 0.05) is 21.7 Å². The molecule has 2 heterocycles. The van der Waals surface area contributed by atoms with Gasteiger partial charge < -0.3 is 8.94 Å². The third-order valence-corrected chi connectivity index (χ3v) is 7.20. The minimum Gasteiger partial charge on any atom is -0.456 e. The molecular formula is C33H19NO2. The normalized spacial score (nSPS) is 11.9. The number of fused-ring (bicyclic) bond motifs is 8. The van der Waals surface area contributed by atoms with Gasteiger partial charge in [-0.2, -0.15) is 0 Å². The lowest BCUT2D eigenvalue weighted by Gasteiger charge is -2.12. The largest absolute Gasteiger partial charge is 0.456 e. The fraction of sp³-hybridized carbons (Fsp3) is 0. The van der Waals surface area contributed by atoms with E-state index in [-0.39, 0.29) is 0 Å². The Bertz CT molecular complexity index is 2100. The molecule has 0 spiro atoms. The van der Waals surface area contributed by atoms with E-state index in [0.717, 1.165) is 65.9 Å². The Labute approximate surface area is 206 Å². The molecule has 8 aromatic rings. The Morgan fingerprint density at radius 3 is 2.14 bits per heavy atom. The highest BCUT2D eigenvalue weighted by Crippen LogP contribution is 2.43. The molecule has 0 fully saturated rings. The summed E-state index contributed by atoms with van der Waals surface area (Å²) in [7, 11) is 0. The zero-order valence-corrected chi connectivity index (χ0v) is 19.2. The molecule has 168 valence electrons. The van der Waals surface area contributed by atoms with Gasteiger partial charge in [0.15, 0.2) is 5.58 Å². The van der Waals surface area contributed by atoms with Crippen molar-refractivity contribution in [3.63, 3.8) is 0 Å². The summed E-state index contributed by atoms with van der Waals surface area (Å²) in [6, 6.07) is 39.9. The molecule has 0 saturated carbocycles. The van der Waals surface area contributed by atoms with Gasteiger partial charge in [0.1, 0.15) is 16.9 Å². The number of furan rings is 1. The van der Waals surface area contributed by atoms with Gasteiger partial charge in [-0.3, -0.25) is 0 Å². The summed E-state index contributed by atoms with van der Waals surface area (Å²) in [6.07, 6.45) is 0. The molecule has 3 nitrogen and oxygen atoms in total. The highest BCUT2D eigenvalue weighted by atomic mass is 16.5. The first-order valence-corrected chi connectivity index (χ1v) is 12.1. The van der Waals surface area contributed by atoms with Gasteiger partial charge in [-0.1, -0.05) is 96.2 Å².